The van der Waals surface area contributed by atoms with Crippen LogP contribution in [0.3, 0.4) is 0 Å². The summed E-state index contributed by atoms with van der Waals surface area (Å²) in [6.45, 7) is 2.59. The van der Waals surface area contributed by atoms with Gasteiger partial charge in [-0.3, -0.25) is 4.79 Å². The van der Waals surface area contributed by atoms with Crippen molar-refractivity contribution in [1.82, 2.24) is 9.44 Å². The van der Waals surface area contributed by atoms with E-state index in [-0.39, 0.29) is 5.78 Å². The second-order valence-electron chi connectivity index (χ2n) is 2.55. The molecule has 0 spiro atoms. The highest BCUT2D eigenvalue weighted by Gasteiger charge is 2.19. The fraction of sp³-hybridized carbons (Fsp3) is 0.667. The van der Waals surface area contributed by atoms with Crippen LogP contribution < -0.4 is 9.44 Å². The Hall–Kier alpha value is -1.15. The first-order valence-corrected chi connectivity index (χ1v) is 5.15. The van der Waals surface area contributed by atoms with Crippen molar-refractivity contribution in [1.29, 1.82) is 0 Å². The first-order valence-electron chi connectivity index (χ1n) is 3.67. The van der Waals surface area contributed by atoms with Gasteiger partial charge in [0.25, 0.3) is 0 Å². The van der Waals surface area contributed by atoms with Gasteiger partial charge in [0, 0.05) is 0 Å². The van der Waals surface area contributed by atoms with E-state index in [0.29, 0.717) is 0 Å². The van der Waals surface area contributed by atoms with Crippen molar-refractivity contribution in [3.63, 3.8) is 0 Å². The van der Waals surface area contributed by atoms with Gasteiger partial charge in [-0.2, -0.15) is 13.1 Å². The number of amides is 1. The zero-order chi connectivity index (χ0) is 11.4. The number of rotatable bonds is 4. The summed E-state index contributed by atoms with van der Waals surface area (Å²) in [6, 6.07) is -0.892. The Labute approximate surface area is 82.0 Å². The highest BCUT2D eigenvalue weighted by atomic mass is 32.2. The first kappa shape index (κ1) is 12.8. The van der Waals surface area contributed by atoms with Crippen molar-refractivity contribution in [2.75, 3.05) is 7.11 Å². The van der Waals surface area contributed by atoms with Gasteiger partial charge in [-0.05, 0) is 13.8 Å². The van der Waals surface area contributed by atoms with E-state index in [1.54, 1.807) is 0 Å². The number of hydrogen-bond donors (Lipinski definition) is 2. The van der Waals surface area contributed by atoms with Gasteiger partial charge in [-0.25, -0.2) is 9.52 Å². The van der Waals surface area contributed by atoms with Gasteiger partial charge in [0.05, 0.1) is 13.2 Å². The van der Waals surface area contributed by atoms with Crippen LogP contribution in [0.15, 0.2) is 0 Å². The van der Waals surface area contributed by atoms with Crippen molar-refractivity contribution < 1.29 is 22.7 Å². The van der Waals surface area contributed by atoms with Gasteiger partial charge in [0.2, 0.25) is 0 Å². The molecule has 0 heterocycles. The van der Waals surface area contributed by atoms with Crippen LogP contribution in [0.4, 0.5) is 4.79 Å². The molecule has 7 nitrogen and oxygen atoms in total. The molecular weight excluding hydrogens is 212 g/mol. The molecule has 0 rings (SSSR count). The van der Waals surface area contributed by atoms with E-state index in [1.165, 1.54) is 18.6 Å². The van der Waals surface area contributed by atoms with Gasteiger partial charge < -0.3 is 4.74 Å². The molecule has 1 unspecified atom stereocenters. The Morgan fingerprint density at radius 1 is 1.36 bits per heavy atom. The molecule has 8 heteroatoms. The van der Waals surface area contributed by atoms with Crippen LogP contribution in [0, 0.1) is 0 Å². The Morgan fingerprint density at radius 2 is 1.86 bits per heavy atom. The average Bonchev–Trinajstić information content (AvgIpc) is 2.02. The molecule has 1 atom stereocenters. The average molecular weight is 224 g/mol. The van der Waals surface area contributed by atoms with Crippen LogP contribution >= 0.6 is 0 Å². The smallest absolute Gasteiger partial charge is 0.421 e. The van der Waals surface area contributed by atoms with Gasteiger partial charge in [-0.1, -0.05) is 0 Å². The summed E-state index contributed by atoms with van der Waals surface area (Å²) in [7, 11) is -3.01. The van der Waals surface area contributed by atoms with Crippen LogP contribution in [-0.2, 0) is 19.7 Å². The number of nitrogens with one attached hydrogen (secondary N) is 2. The first-order chi connectivity index (χ1) is 6.28. The lowest BCUT2D eigenvalue weighted by molar-refractivity contribution is -0.118. The molecule has 0 aliphatic carbocycles. The van der Waals surface area contributed by atoms with E-state index in [0.717, 1.165) is 7.11 Å². The summed E-state index contributed by atoms with van der Waals surface area (Å²) in [5.41, 5.74) is 0. The molecular formula is C6H12N2O5S. The summed E-state index contributed by atoms with van der Waals surface area (Å²) in [6.07, 6.45) is -1.12. The third-order valence-corrected chi connectivity index (χ3v) is 2.44. The minimum atomic E-state index is -4.03. The Morgan fingerprint density at radius 3 is 2.21 bits per heavy atom. The predicted octanol–water partition coefficient (Wildman–Crippen LogP) is -0.846. The third-order valence-electron chi connectivity index (χ3n) is 1.34. The molecule has 0 aromatic rings. The molecule has 0 saturated heterocycles. The number of Topliss-reactive ketones (excluding diaryl/α,β-unsaturated/α-hetero) is 1. The van der Waals surface area contributed by atoms with E-state index in [1.807, 2.05) is 4.72 Å². The minimum absolute atomic E-state index is 0.361. The van der Waals surface area contributed by atoms with Gasteiger partial charge >= 0.3 is 16.3 Å². The van der Waals surface area contributed by atoms with Crippen molar-refractivity contribution in [3.8, 4) is 0 Å². The number of methoxy groups -OCH3 is 1. The molecule has 0 aromatic carbocycles. The maximum atomic E-state index is 11.0. The molecule has 0 saturated carbocycles. The number of ether oxygens (including phenoxy) is 1. The maximum Gasteiger partial charge on any atom is 0.421 e. The van der Waals surface area contributed by atoms with Crippen LogP contribution in [0.5, 0.6) is 0 Å². The van der Waals surface area contributed by atoms with E-state index < -0.39 is 22.3 Å². The van der Waals surface area contributed by atoms with Crippen LogP contribution in [0.2, 0.25) is 0 Å². The zero-order valence-electron chi connectivity index (χ0n) is 8.03. The Kier molecular flexibility index (Phi) is 4.51. The van der Waals surface area contributed by atoms with E-state index in [4.69, 9.17) is 0 Å². The van der Waals surface area contributed by atoms with E-state index >= 15 is 0 Å². The fourth-order valence-corrected chi connectivity index (χ4v) is 1.49. The van der Waals surface area contributed by atoms with E-state index in [2.05, 4.69) is 4.74 Å². The summed E-state index contributed by atoms with van der Waals surface area (Å²) in [5, 5.41) is 0. The van der Waals surface area contributed by atoms with E-state index in [9.17, 15) is 18.0 Å². The predicted molar refractivity (Wildman–Crippen MR) is 47.7 cm³/mol. The lowest BCUT2D eigenvalue weighted by Gasteiger charge is -2.10. The second kappa shape index (κ2) is 4.91. The van der Waals surface area contributed by atoms with Crippen molar-refractivity contribution >= 4 is 22.1 Å². The number of ketones is 1. The van der Waals surface area contributed by atoms with Crippen LogP contribution in [-0.4, -0.2) is 33.4 Å². The fourth-order valence-electron chi connectivity index (χ4n) is 0.497. The molecule has 0 aliphatic rings. The van der Waals surface area contributed by atoms with Crippen molar-refractivity contribution in [2.45, 2.75) is 19.9 Å². The molecule has 14 heavy (non-hydrogen) atoms. The quantitative estimate of drug-likeness (QED) is 0.648. The number of carbonyl (C=O) groups is 2. The molecule has 1 amide bonds. The third kappa shape index (κ3) is 4.77. The summed E-state index contributed by atoms with van der Waals surface area (Å²) in [4.78, 5) is 21.2. The van der Waals surface area contributed by atoms with Crippen LogP contribution in [0.25, 0.3) is 0 Å². The lowest BCUT2D eigenvalue weighted by atomic mass is 10.3. The zero-order valence-corrected chi connectivity index (χ0v) is 8.84. The van der Waals surface area contributed by atoms with Crippen molar-refractivity contribution in [3.05, 3.63) is 0 Å². The Bertz CT molecular complexity index is 323. The molecule has 0 aliphatic heterocycles. The normalized spacial score (nSPS) is 13.1. The minimum Gasteiger partial charge on any atom is -0.452 e. The Balaban J connectivity index is 4.36. The van der Waals surface area contributed by atoms with Gasteiger partial charge in [0.15, 0.2) is 0 Å². The molecule has 0 radical (unpaired) electrons. The number of hydrogen-bond acceptors (Lipinski definition) is 5. The van der Waals surface area contributed by atoms with Gasteiger partial charge in [-0.15, -0.1) is 0 Å². The molecule has 0 bridgehead atoms. The van der Waals surface area contributed by atoms with Crippen LogP contribution in [0.1, 0.15) is 13.8 Å². The lowest BCUT2D eigenvalue weighted by Crippen LogP contribution is -2.46. The monoisotopic (exact) mass is 224 g/mol. The standard InChI is InChI=1S/C6H12N2O5S/c1-4(5(2)9)7-14(11,12)8-6(10)13-3/h4,7H,1-3H3,(H,8,10). The molecule has 0 fully saturated rings. The summed E-state index contributed by atoms with van der Waals surface area (Å²) in [5.74, 6) is -0.361. The SMILES string of the molecule is COC(=O)NS(=O)(=O)NC(C)C(C)=O. The highest BCUT2D eigenvalue weighted by molar-refractivity contribution is 7.88. The highest BCUT2D eigenvalue weighted by Crippen LogP contribution is 1.88. The molecule has 0 aromatic heterocycles. The summed E-state index contributed by atoms with van der Waals surface area (Å²) < 4.78 is 29.6. The second-order valence-corrected chi connectivity index (χ2v) is 3.99. The largest absolute Gasteiger partial charge is 0.452 e. The van der Waals surface area contributed by atoms with Crippen molar-refractivity contribution in [2.24, 2.45) is 0 Å². The van der Waals surface area contributed by atoms with Gasteiger partial charge in [0.1, 0.15) is 5.78 Å². The maximum absolute atomic E-state index is 11.0. The molecule has 82 valence electrons. The molecule has 2 N–H and O–H groups in total. The summed E-state index contributed by atoms with van der Waals surface area (Å²) >= 11 is 0. The number of carbonyl (C=O) groups excluding carboxylic acids is 2. The topological polar surface area (TPSA) is 102 Å².